The number of nitrogens with zero attached hydrogens (tertiary/aromatic N) is 3. The number of hydrogen-bond acceptors (Lipinski definition) is 7. The largest absolute Gasteiger partial charge is 0.497 e. The van der Waals surface area contributed by atoms with Crippen molar-refractivity contribution < 1.29 is 14.3 Å². The Balaban J connectivity index is 1.63. The van der Waals surface area contributed by atoms with Crippen LogP contribution in [0.15, 0.2) is 42.0 Å². The van der Waals surface area contributed by atoms with Gasteiger partial charge in [0.1, 0.15) is 22.8 Å². The summed E-state index contributed by atoms with van der Waals surface area (Å²) in [4.78, 5) is 24.5. The average molecular weight is 356 g/mol. The first-order chi connectivity index (χ1) is 12.2. The summed E-state index contributed by atoms with van der Waals surface area (Å²) in [6.07, 6.45) is 1.29. The quantitative estimate of drug-likeness (QED) is 0.730. The van der Waals surface area contributed by atoms with Crippen molar-refractivity contribution in [3.63, 3.8) is 0 Å². The Bertz CT molecular complexity index is 864. The molecule has 25 heavy (non-hydrogen) atoms. The molecule has 0 saturated heterocycles. The Kier molecular flexibility index (Phi) is 5.20. The number of hydrogen-bond donors (Lipinski definition) is 1. The minimum absolute atomic E-state index is 0.248. The van der Waals surface area contributed by atoms with E-state index in [9.17, 15) is 4.79 Å². The minimum Gasteiger partial charge on any atom is -0.497 e. The third-order valence-electron chi connectivity index (χ3n) is 3.40. The normalized spacial score (nSPS) is 10.3. The Morgan fingerprint density at radius 3 is 2.68 bits per heavy atom. The number of nitrogens with one attached hydrogen (secondary N) is 1. The Morgan fingerprint density at radius 2 is 1.96 bits per heavy atom. The summed E-state index contributed by atoms with van der Waals surface area (Å²) < 4.78 is 10.1. The molecule has 8 heteroatoms. The molecule has 0 saturated carbocycles. The number of thiazole rings is 1. The first-order valence-electron chi connectivity index (χ1n) is 7.42. The molecule has 2 heterocycles. The number of amides is 1. The number of ether oxygens (including phenoxy) is 2. The molecule has 1 N–H and O–H groups in total. The summed E-state index contributed by atoms with van der Waals surface area (Å²) in [6.45, 7) is 0.317. The molecular formula is C17H16N4O3S. The van der Waals surface area contributed by atoms with Gasteiger partial charge in [0.15, 0.2) is 0 Å². The SMILES string of the molecule is COc1ccc(-c2nc(CNC(=O)c3cc(OC)ncn3)cs2)cc1. The molecule has 0 aliphatic heterocycles. The Labute approximate surface area is 148 Å². The van der Waals surface area contributed by atoms with Crippen molar-refractivity contribution in [3.8, 4) is 22.2 Å². The van der Waals surface area contributed by atoms with Crippen LogP contribution in [0.5, 0.6) is 11.6 Å². The van der Waals surface area contributed by atoms with Gasteiger partial charge >= 0.3 is 0 Å². The smallest absolute Gasteiger partial charge is 0.270 e. The van der Waals surface area contributed by atoms with E-state index in [1.165, 1.54) is 30.8 Å². The van der Waals surface area contributed by atoms with Crippen LogP contribution in [0.4, 0.5) is 0 Å². The first-order valence-corrected chi connectivity index (χ1v) is 8.30. The lowest BCUT2D eigenvalue weighted by Crippen LogP contribution is -2.24. The van der Waals surface area contributed by atoms with Crippen LogP contribution in [0, 0.1) is 0 Å². The molecule has 0 radical (unpaired) electrons. The molecule has 7 nitrogen and oxygen atoms in total. The van der Waals surface area contributed by atoms with Crippen molar-refractivity contribution in [2.24, 2.45) is 0 Å². The van der Waals surface area contributed by atoms with Gasteiger partial charge < -0.3 is 14.8 Å². The van der Waals surface area contributed by atoms with Crippen molar-refractivity contribution in [1.82, 2.24) is 20.3 Å². The van der Waals surface area contributed by atoms with Gasteiger partial charge in [0.25, 0.3) is 5.91 Å². The van der Waals surface area contributed by atoms with Crippen LogP contribution in [0.1, 0.15) is 16.2 Å². The van der Waals surface area contributed by atoms with Crippen molar-refractivity contribution >= 4 is 17.2 Å². The molecule has 0 spiro atoms. The molecular weight excluding hydrogens is 340 g/mol. The Morgan fingerprint density at radius 1 is 1.16 bits per heavy atom. The third kappa shape index (κ3) is 4.10. The van der Waals surface area contributed by atoms with Crippen LogP contribution in [-0.2, 0) is 6.54 Å². The molecule has 0 fully saturated rings. The fraction of sp³-hybridized carbons (Fsp3) is 0.176. The third-order valence-corrected chi connectivity index (χ3v) is 4.34. The summed E-state index contributed by atoms with van der Waals surface area (Å²) in [5, 5.41) is 5.59. The lowest BCUT2D eigenvalue weighted by atomic mass is 10.2. The number of aromatic nitrogens is 3. The second-order valence-electron chi connectivity index (χ2n) is 5.00. The number of carbonyl (C=O) groups excluding carboxylic acids is 1. The van der Waals surface area contributed by atoms with Crippen LogP contribution in [0.2, 0.25) is 0 Å². The first kappa shape index (κ1) is 16.8. The zero-order valence-electron chi connectivity index (χ0n) is 13.7. The molecule has 3 aromatic rings. The highest BCUT2D eigenvalue weighted by Gasteiger charge is 2.10. The van der Waals surface area contributed by atoms with Gasteiger partial charge in [-0.1, -0.05) is 0 Å². The predicted octanol–water partition coefficient (Wildman–Crippen LogP) is 2.55. The highest BCUT2D eigenvalue weighted by atomic mass is 32.1. The number of carbonyl (C=O) groups is 1. The van der Waals surface area contributed by atoms with E-state index in [2.05, 4.69) is 20.3 Å². The van der Waals surface area contributed by atoms with Gasteiger partial charge in [0, 0.05) is 17.0 Å². The van der Waals surface area contributed by atoms with Gasteiger partial charge in [0.05, 0.1) is 26.5 Å². The average Bonchev–Trinajstić information content (AvgIpc) is 3.15. The van der Waals surface area contributed by atoms with E-state index in [0.29, 0.717) is 12.4 Å². The summed E-state index contributed by atoms with van der Waals surface area (Å²) >= 11 is 1.52. The van der Waals surface area contributed by atoms with Gasteiger partial charge in [-0.3, -0.25) is 4.79 Å². The maximum Gasteiger partial charge on any atom is 0.270 e. The minimum atomic E-state index is -0.306. The van der Waals surface area contributed by atoms with E-state index in [1.807, 2.05) is 29.6 Å². The van der Waals surface area contributed by atoms with Crippen molar-refractivity contribution in [2.45, 2.75) is 6.54 Å². The molecule has 2 aromatic heterocycles. The number of methoxy groups -OCH3 is 2. The summed E-state index contributed by atoms with van der Waals surface area (Å²) in [5.74, 6) is 0.836. The van der Waals surface area contributed by atoms with Crippen LogP contribution in [0.25, 0.3) is 10.6 Å². The van der Waals surface area contributed by atoms with Crippen LogP contribution < -0.4 is 14.8 Å². The fourth-order valence-corrected chi connectivity index (χ4v) is 2.92. The molecule has 0 aliphatic carbocycles. The monoisotopic (exact) mass is 356 g/mol. The lowest BCUT2D eigenvalue weighted by molar-refractivity contribution is 0.0945. The molecule has 0 bridgehead atoms. The van der Waals surface area contributed by atoms with E-state index in [4.69, 9.17) is 9.47 Å². The van der Waals surface area contributed by atoms with E-state index >= 15 is 0 Å². The van der Waals surface area contributed by atoms with Crippen molar-refractivity contribution in [3.05, 3.63) is 53.4 Å². The number of rotatable bonds is 6. The van der Waals surface area contributed by atoms with E-state index < -0.39 is 0 Å². The molecule has 3 rings (SSSR count). The van der Waals surface area contributed by atoms with Crippen LogP contribution >= 0.6 is 11.3 Å². The van der Waals surface area contributed by atoms with Crippen molar-refractivity contribution in [2.75, 3.05) is 14.2 Å². The molecule has 1 amide bonds. The molecule has 0 aliphatic rings. The van der Waals surface area contributed by atoms with Crippen molar-refractivity contribution in [1.29, 1.82) is 0 Å². The topological polar surface area (TPSA) is 86.2 Å². The van der Waals surface area contributed by atoms with Gasteiger partial charge in [-0.05, 0) is 24.3 Å². The number of benzene rings is 1. The highest BCUT2D eigenvalue weighted by molar-refractivity contribution is 7.13. The maximum atomic E-state index is 12.1. The molecule has 1 aromatic carbocycles. The summed E-state index contributed by atoms with van der Waals surface area (Å²) in [6, 6.07) is 9.17. The second-order valence-corrected chi connectivity index (χ2v) is 5.86. The van der Waals surface area contributed by atoms with E-state index in [0.717, 1.165) is 22.0 Å². The van der Waals surface area contributed by atoms with E-state index in [-0.39, 0.29) is 11.6 Å². The van der Waals surface area contributed by atoms with Crippen LogP contribution in [0.3, 0.4) is 0 Å². The zero-order valence-corrected chi connectivity index (χ0v) is 14.5. The predicted molar refractivity (Wildman–Crippen MR) is 93.9 cm³/mol. The molecule has 128 valence electrons. The Hall–Kier alpha value is -3.00. The summed E-state index contributed by atoms with van der Waals surface area (Å²) in [5.41, 5.74) is 2.03. The second kappa shape index (κ2) is 7.71. The molecule has 0 unspecified atom stereocenters. The maximum absolute atomic E-state index is 12.1. The molecule has 0 atom stereocenters. The highest BCUT2D eigenvalue weighted by Crippen LogP contribution is 2.25. The van der Waals surface area contributed by atoms with Gasteiger partial charge in [0.2, 0.25) is 5.88 Å². The van der Waals surface area contributed by atoms with Gasteiger partial charge in [-0.15, -0.1) is 11.3 Å². The van der Waals surface area contributed by atoms with E-state index in [1.54, 1.807) is 7.11 Å². The zero-order chi connectivity index (χ0) is 17.6. The van der Waals surface area contributed by atoms with Gasteiger partial charge in [-0.25, -0.2) is 15.0 Å². The fourth-order valence-electron chi connectivity index (χ4n) is 2.09. The standard InChI is InChI=1S/C17H16N4O3S/c1-23-13-5-3-11(4-6-13)17-21-12(9-25-17)8-18-16(22)14-7-15(24-2)20-10-19-14/h3-7,9-10H,8H2,1-2H3,(H,18,22). The lowest BCUT2D eigenvalue weighted by Gasteiger charge is -2.04. The van der Waals surface area contributed by atoms with Gasteiger partial charge in [-0.2, -0.15) is 0 Å². The summed E-state index contributed by atoms with van der Waals surface area (Å²) in [7, 11) is 3.12. The van der Waals surface area contributed by atoms with Crippen LogP contribution in [-0.4, -0.2) is 35.1 Å².